The quantitative estimate of drug-likeness (QED) is 0.623. The molecule has 0 aliphatic rings. The van der Waals surface area contributed by atoms with E-state index in [9.17, 15) is 4.39 Å². The summed E-state index contributed by atoms with van der Waals surface area (Å²) in [4.78, 5) is 0. The maximum absolute atomic E-state index is 13.0. The third kappa shape index (κ3) is 1.45. The summed E-state index contributed by atoms with van der Waals surface area (Å²) >= 11 is 3.40. The highest BCUT2D eigenvalue weighted by atomic mass is 79.9. The van der Waals surface area contributed by atoms with Gasteiger partial charge in [0.05, 0.1) is 0 Å². The lowest BCUT2D eigenvalue weighted by Gasteiger charge is -2.06. The molecule has 60 valence electrons. The Hall–Kier alpha value is -0.370. The van der Waals surface area contributed by atoms with Crippen molar-refractivity contribution in [1.29, 1.82) is 0 Å². The maximum Gasteiger partial charge on any atom is 0.126 e. The number of halogens is 2. The predicted molar refractivity (Wildman–Crippen MR) is 48.3 cm³/mol. The number of aryl methyl sites for hydroxylation is 1. The monoisotopic (exact) mass is 216 g/mol. The van der Waals surface area contributed by atoms with E-state index in [4.69, 9.17) is 0 Å². The van der Waals surface area contributed by atoms with Gasteiger partial charge in [-0.3, -0.25) is 0 Å². The highest BCUT2D eigenvalue weighted by Gasteiger charge is 2.06. The molecule has 0 aliphatic carbocycles. The van der Waals surface area contributed by atoms with Crippen LogP contribution in [0.1, 0.15) is 16.7 Å². The molecule has 0 fully saturated rings. The molecule has 0 saturated carbocycles. The Labute approximate surface area is 74.6 Å². The number of rotatable bonds is 0. The molecule has 0 heterocycles. The first-order chi connectivity index (χ1) is 5.04. The van der Waals surface area contributed by atoms with Gasteiger partial charge in [-0.1, -0.05) is 15.9 Å². The van der Waals surface area contributed by atoms with Crippen molar-refractivity contribution in [3.05, 3.63) is 33.0 Å². The van der Waals surface area contributed by atoms with Crippen LogP contribution in [-0.4, -0.2) is 0 Å². The minimum Gasteiger partial charge on any atom is -0.207 e. The summed E-state index contributed by atoms with van der Waals surface area (Å²) in [5.74, 6) is -0.122. The Morgan fingerprint density at radius 3 is 2.27 bits per heavy atom. The van der Waals surface area contributed by atoms with Crippen LogP contribution in [0.2, 0.25) is 0 Å². The van der Waals surface area contributed by atoms with Crippen LogP contribution in [0.5, 0.6) is 0 Å². The Bertz CT molecular complexity index is 266. The molecule has 0 atom stereocenters. The fourth-order valence-corrected chi connectivity index (χ4v) is 1.41. The van der Waals surface area contributed by atoms with Crippen LogP contribution in [0.25, 0.3) is 0 Å². The van der Waals surface area contributed by atoms with E-state index in [0.717, 1.165) is 21.2 Å². The SMILES string of the molecule is Cc1cc(F)c(C)c(C)c1Br. The van der Waals surface area contributed by atoms with E-state index in [2.05, 4.69) is 15.9 Å². The Balaban J connectivity index is 3.46. The van der Waals surface area contributed by atoms with Crippen LogP contribution in [0.3, 0.4) is 0 Å². The standard InChI is InChI=1S/C9H10BrF/c1-5-4-8(11)6(2)7(3)9(5)10/h4H,1-3H3. The lowest BCUT2D eigenvalue weighted by Crippen LogP contribution is -1.91. The highest BCUT2D eigenvalue weighted by molar-refractivity contribution is 9.10. The molecule has 1 aromatic carbocycles. The third-order valence-corrected chi connectivity index (χ3v) is 3.16. The van der Waals surface area contributed by atoms with Crippen LogP contribution in [0.4, 0.5) is 4.39 Å². The molecule has 0 amide bonds. The summed E-state index contributed by atoms with van der Waals surface area (Å²) in [6.45, 7) is 5.59. The summed E-state index contributed by atoms with van der Waals surface area (Å²) in [5, 5.41) is 0. The Morgan fingerprint density at radius 2 is 1.73 bits per heavy atom. The lowest BCUT2D eigenvalue weighted by molar-refractivity contribution is 0.615. The van der Waals surface area contributed by atoms with Crippen LogP contribution in [0, 0.1) is 26.6 Å². The average molecular weight is 217 g/mol. The number of benzene rings is 1. The second kappa shape index (κ2) is 2.94. The van der Waals surface area contributed by atoms with E-state index in [-0.39, 0.29) is 5.82 Å². The smallest absolute Gasteiger partial charge is 0.126 e. The van der Waals surface area contributed by atoms with Crippen molar-refractivity contribution >= 4 is 15.9 Å². The summed E-state index contributed by atoms with van der Waals surface area (Å²) in [7, 11) is 0. The molecular weight excluding hydrogens is 207 g/mol. The van der Waals surface area contributed by atoms with Crippen LogP contribution < -0.4 is 0 Å². The highest BCUT2D eigenvalue weighted by Crippen LogP contribution is 2.25. The van der Waals surface area contributed by atoms with E-state index in [1.165, 1.54) is 0 Å². The van der Waals surface area contributed by atoms with Gasteiger partial charge in [0.2, 0.25) is 0 Å². The molecule has 0 unspecified atom stereocenters. The van der Waals surface area contributed by atoms with Crippen molar-refractivity contribution in [3.63, 3.8) is 0 Å². The zero-order valence-corrected chi connectivity index (χ0v) is 8.42. The molecule has 11 heavy (non-hydrogen) atoms. The normalized spacial score (nSPS) is 10.3. The average Bonchev–Trinajstić information content (AvgIpc) is 1.97. The number of hydrogen-bond donors (Lipinski definition) is 0. The first kappa shape index (κ1) is 8.72. The van der Waals surface area contributed by atoms with Gasteiger partial charge in [-0.25, -0.2) is 4.39 Å². The molecule has 0 spiro atoms. The Morgan fingerprint density at radius 1 is 1.18 bits per heavy atom. The lowest BCUT2D eigenvalue weighted by atomic mass is 10.1. The van der Waals surface area contributed by atoms with Crippen LogP contribution >= 0.6 is 15.9 Å². The van der Waals surface area contributed by atoms with E-state index < -0.39 is 0 Å². The first-order valence-electron chi connectivity index (χ1n) is 3.46. The fourth-order valence-electron chi connectivity index (χ4n) is 1.00. The molecule has 2 heteroatoms. The van der Waals surface area contributed by atoms with Gasteiger partial charge < -0.3 is 0 Å². The summed E-state index contributed by atoms with van der Waals surface area (Å²) in [6, 6.07) is 1.55. The van der Waals surface area contributed by atoms with E-state index in [0.29, 0.717) is 0 Å². The summed E-state index contributed by atoms with van der Waals surface area (Å²) in [6.07, 6.45) is 0. The predicted octanol–water partition coefficient (Wildman–Crippen LogP) is 3.51. The molecule has 0 aliphatic heterocycles. The van der Waals surface area contributed by atoms with Crippen molar-refractivity contribution in [3.8, 4) is 0 Å². The largest absolute Gasteiger partial charge is 0.207 e. The molecular formula is C9H10BrF. The van der Waals surface area contributed by atoms with Gasteiger partial charge in [-0.2, -0.15) is 0 Å². The summed E-state index contributed by atoms with van der Waals surface area (Å²) < 4.78 is 14.0. The molecule has 1 rings (SSSR count). The van der Waals surface area contributed by atoms with E-state index in [1.54, 1.807) is 13.0 Å². The Kier molecular flexibility index (Phi) is 2.33. The van der Waals surface area contributed by atoms with Crippen molar-refractivity contribution in [2.75, 3.05) is 0 Å². The first-order valence-corrected chi connectivity index (χ1v) is 4.25. The van der Waals surface area contributed by atoms with Crippen molar-refractivity contribution in [2.24, 2.45) is 0 Å². The van der Waals surface area contributed by atoms with Gasteiger partial charge in [0.1, 0.15) is 5.82 Å². The minimum atomic E-state index is -0.122. The molecule has 0 radical (unpaired) electrons. The maximum atomic E-state index is 13.0. The minimum absolute atomic E-state index is 0.122. The topological polar surface area (TPSA) is 0 Å². The van der Waals surface area contributed by atoms with E-state index >= 15 is 0 Å². The zero-order valence-electron chi connectivity index (χ0n) is 6.83. The molecule has 0 N–H and O–H groups in total. The molecule has 0 aromatic heterocycles. The van der Waals surface area contributed by atoms with Crippen molar-refractivity contribution < 1.29 is 4.39 Å². The van der Waals surface area contributed by atoms with Gasteiger partial charge in [-0.05, 0) is 43.5 Å². The number of hydrogen-bond acceptors (Lipinski definition) is 0. The van der Waals surface area contributed by atoms with Gasteiger partial charge in [-0.15, -0.1) is 0 Å². The summed E-state index contributed by atoms with van der Waals surface area (Å²) in [5.41, 5.74) is 2.66. The molecule has 0 nitrogen and oxygen atoms in total. The van der Waals surface area contributed by atoms with Crippen LogP contribution in [0.15, 0.2) is 10.5 Å². The van der Waals surface area contributed by atoms with Gasteiger partial charge in [0, 0.05) is 4.47 Å². The zero-order chi connectivity index (χ0) is 8.59. The fraction of sp³-hybridized carbons (Fsp3) is 0.333. The van der Waals surface area contributed by atoms with Crippen molar-refractivity contribution in [2.45, 2.75) is 20.8 Å². The second-order valence-corrected chi connectivity index (χ2v) is 3.53. The third-order valence-electron chi connectivity index (χ3n) is 1.94. The molecule has 0 saturated heterocycles. The molecule has 0 bridgehead atoms. The van der Waals surface area contributed by atoms with Crippen molar-refractivity contribution in [1.82, 2.24) is 0 Å². The second-order valence-electron chi connectivity index (χ2n) is 2.74. The molecule has 1 aromatic rings. The van der Waals surface area contributed by atoms with E-state index in [1.807, 2.05) is 13.8 Å². The van der Waals surface area contributed by atoms with Gasteiger partial charge >= 0.3 is 0 Å². The van der Waals surface area contributed by atoms with Gasteiger partial charge in [0.25, 0.3) is 0 Å². The van der Waals surface area contributed by atoms with Crippen LogP contribution in [-0.2, 0) is 0 Å². The van der Waals surface area contributed by atoms with Gasteiger partial charge in [0.15, 0.2) is 0 Å².